The molecule has 20 heavy (non-hydrogen) atoms. The molecule has 0 amide bonds. The second-order valence-corrected chi connectivity index (χ2v) is 4.83. The van der Waals surface area contributed by atoms with Gasteiger partial charge < -0.3 is 10.5 Å². The summed E-state index contributed by atoms with van der Waals surface area (Å²) in [6, 6.07) is 13.0. The molecule has 2 nitrogen and oxygen atoms in total. The SMILES string of the molecule is CCc1ccccc1C(N)Cc1ccc(OC)c(F)c1. The van der Waals surface area contributed by atoms with Crippen LogP contribution < -0.4 is 10.5 Å². The molecule has 2 aromatic carbocycles. The number of nitrogens with two attached hydrogens (primary N) is 1. The van der Waals surface area contributed by atoms with Crippen LogP contribution in [0.5, 0.6) is 5.75 Å². The van der Waals surface area contributed by atoms with Gasteiger partial charge in [0.1, 0.15) is 0 Å². The van der Waals surface area contributed by atoms with Crippen LogP contribution in [0.3, 0.4) is 0 Å². The third kappa shape index (κ3) is 3.17. The van der Waals surface area contributed by atoms with Crippen LogP contribution in [0.1, 0.15) is 29.7 Å². The summed E-state index contributed by atoms with van der Waals surface area (Å²) in [5.41, 5.74) is 9.52. The van der Waals surface area contributed by atoms with E-state index < -0.39 is 0 Å². The summed E-state index contributed by atoms with van der Waals surface area (Å²) in [7, 11) is 1.46. The van der Waals surface area contributed by atoms with Crippen LogP contribution in [0.25, 0.3) is 0 Å². The predicted molar refractivity (Wildman–Crippen MR) is 79.4 cm³/mol. The van der Waals surface area contributed by atoms with Gasteiger partial charge in [0.05, 0.1) is 7.11 Å². The summed E-state index contributed by atoms with van der Waals surface area (Å²) in [5, 5.41) is 0. The van der Waals surface area contributed by atoms with E-state index in [-0.39, 0.29) is 17.6 Å². The van der Waals surface area contributed by atoms with Gasteiger partial charge in [0, 0.05) is 6.04 Å². The van der Waals surface area contributed by atoms with Crippen molar-refractivity contribution in [3.8, 4) is 5.75 Å². The Kier molecular flexibility index (Phi) is 4.74. The van der Waals surface area contributed by atoms with Crippen molar-refractivity contribution in [2.24, 2.45) is 5.73 Å². The fourth-order valence-electron chi connectivity index (χ4n) is 2.42. The van der Waals surface area contributed by atoms with E-state index in [9.17, 15) is 4.39 Å². The van der Waals surface area contributed by atoms with Gasteiger partial charge in [0.25, 0.3) is 0 Å². The molecule has 0 saturated carbocycles. The fraction of sp³-hybridized carbons (Fsp3) is 0.294. The number of hydrogen-bond acceptors (Lipinski definition) is 2. The molecule has 106 valence electrons. The van der Waals surface area contributed by atoms with Crippen LogP contribution >= 0.6 is 0 Å². The molecule has 1 atom stereocenters. The molecule has 0 aliphatic carbocycles. The lowest BCUT2D eigenvalue weighted by Gasteiger charge is -2.16. The van der Waals surface area contributed by atoms with Crippen molar-refractivity contribution < 1.29 is 9.13 Å². The molecule has 0 saturated heterocycles. The molecule has 0 radical (unpaired) electrons. The average molecular weight is 273 g/mol. The van der Waals surface area contributed by atoms with Crippen molar-refractivity contribution in [2.45, 2.75) is 25.8 Å². The molecule has 0 fully saturated rings. The zero-order valence-corrected chi connectivity index (χ0v) is 11.9. The summed E-state index contributed by atoms with van der Waals surface area (Å²) in [4.78, 5) is 0. The molecule has 2 N–H and O–H groups in total. The lowest BCUT2D eigenvalue weighted by molar-refractivity contribution is 0.386. The Morgan fingerprint density at radius 3 is 2.60 bits per heavy atom. The summed E-state index contributed by atoms with van der Waals surface area (Å²) in [6.07, 6.45) is 1.55. The number of benzene rings is 2. The number of hydrogen-bond donors (Lipinski definition) is 1. The topological polar surface area (TPSA) is 35.2 Å². The van der Waals surface area contributed by atoms with Crippen molar-refractivity contribution in [3.05, 3.63) is 65.0 Å². The van der Waals surface area contributed by atoms with Gasteiger partial charge in [-0.05, 0) is 41.7 Å². The Labute approximate surface area is 119 Å². The minimum Gasteiger partial charge on any atom is -0.494 e. The van der Waals surface area contributed by atoms with E-state index in [1.807, 2.05) is 24.3 Å². The number of rotatable bonds is 5. The van der Waals surface area contributed by atoms with Gasteiger partial charge in [-0.3, -0.25) is 0 Å². The molecule has 2 aromatic rings. The standard InChI is InChI=1S/C17H20FNO/c1-3-13-6-4-5-7-14(13)16(19)11-12-8-9-17(20-2)15(18)10-12/h4-10,16H,3,11,19H2,1-2H3. The van der Waals surface area contributed by atoms with Gasteiger partial charge in [-0.2, -0.15) is 0 Å². The van der Waals surface area contributed by atoms with Gasteiger partial charge in [0.15, 0.2) is 11.6 Å². The van der Waals surface area contributed by atoms with E-state index in [1.54, 1.807) is 6.07 Å². The number of methoxy groups -OCH3 is 1. The fourth-order valence-corrected chi connectivity index (χ4v) is 2.42. The first-order valence-electron chi connectivity index (χ1n) is 6.81. The van der Waals surface area contributed by atoms with Crippen molar-refractivity contribution in [1.29, 1.82) is 0 Å². The molecule has 0 bridgehead atoms. The normalized spacial score (nSPS) is 12.2. The Morgan fingerprint density at radius 2 is 1.95 bits per heavy atom. The first-order chi connectivity index (χ1) is 9.65. The van der Waals surface area contributed by atoms with Gasteiger partial charge in [-0.25, -0.2) is 4.39 Å². The van der Waals surface area contributed by atoms with Crippen LogP contribution in [-0.4, -0.2) is 7.11 Å². The first-order valence-corrected chi connectivity index (χ1v) is 6.81. The Bertz CT molecular complexity index is 583. The van der Waals surface area contributed by atoms with E-state index in [4.69, 9.17) is 10.5 Å². The maximum atomic E-state index is 13.7. The molecule has 1 unspecified atom stereocenters. The largest absolute Gasteiger partial charge is 0.494 e. The summed E-state index contributed by atoms with van der Waals surface area (Å²) in [6.45, 7) is 2.11. The Morgan fingerprint density at radius 1 is 1.20 bits per heavy atom. The minimum absolute atomic E-state index is 0.126. The van der Waals surface area contributed by atoms with Crippen LogP contribution in [-0.2, 0) is 12.8 Å². The van der Waals surface area contributed by atoms with Crippen LogP contribution in [0.4, 0.5) is 4.39 Å². The minimum atomic E-state index is -0.346. The van der Waals surface area contributed by atoms with Gasteiger partial charge >= 0.3 is 0 Å². The number of ether oxygens (including phenoxy) is 1. The number of halogens is 1. The second kappa shape index (κ2) is 6.53. The second-order valence-electron chi connectivity index (χ2n) is 4.83. The highest BCUT2D eigenvalue weighted by Crippen LogP contribution is 2.23. The van der Waals surface area contributed by atoms with E-state index in [2.05, 4.69) is 13.0 Å². The Hall–Kier alpha value is -1.87. The third-order valence-corrected chi connectivity index (χ3v) is 3.51. The van der Waals surface area contributed by atoms with E-state index >= 15 is 0 Å². The maximum Gasteiger partial charge on any atom is 0.165 e. The van der Waals surface area contributed by atoms with Crippen LogP contribution in [0.2, 0.25) is 0 Å². The third-order valence-electron chi connectivity index (χ3n) is 3.51. The molecule has 0 heterocycles. The maximum absolute atomic E-state index is 13.7. The van der Waals surface area contributed by atoms with Gasteiger partial charge in [-0.15, -0.1) is 0 Å². The molecule has 2 rings (SSSR count). The van der Waals surface area contributed by atoms with Crippen LogP contribution in [0, 0.1) is 5.82 Å². The molecule has 0 aliphatic heterocycles. The quantitative estimate of drug-likeness (QED) is 0.902. The molecule has 0 aliphatic rings. The zero-order valence-electron chi connectivity index (χ0n) is 11.9. The highest BCUT2D eigenvalue weighted by atomic mass is 19.1. The van der Waals surface area contributed by atoms with Crippen LogP contribution in [0.15, 0.2) is 42.5 Å². The van der Waals surface area contributed by atoms with Gasteiger partial charge in [-0.1, -0.05) is 37.3 Å². The predicted octanol–water partition coefficient (Wildman–Crippen LogP) is 3.64. The lowest BCUT2D eigenvalue weighted by Crippen LogP contribution is -2.15. The molecule has 0 spiro atoms. The van der Waals surface area contributed by atoms with Crippen molar-refractivity contribution in [2.75, 3.05) is 7.11 Å². The summed E-state index contributed by atoms with van der Waals surface area (Å²) < 4.78 is 18.6. The van der Waals surface area contributed by atoms with E-state index in [0.717, 1.165) is 17.5 Å². The number of aryl methyl sites for hydroxylation is 1. The van der Waals surface area contributed by atoms with E-state index in [1.165, 1.54) is 18.7 Å². The van der Waals surface area contributed by atoms with Gasteiger partial charge in [0.2, 0.25) is 0 Å². The van der Waals surface area contributed by atoms with Crippen molar-refractivity contribution in [3.63, 3.8) is 0 Å². The molecule has 3 heteroatoms. The average Bonchev–Trinajstić information content (AvgIpc) is 2.47. The van der Waals surface area contributed by atoms with E-state index in [0.29, 0.717) is 6.42 Å². The monoisotopic (exact) mass is 273 g/mol. The van der Waals surface area contributed by atoms with Crippen molar-refractivity contribution >= 4 is 0 Å². The summed E-state index contributed by atoms with van der Waals surface area (Å²) in [5.74, 6) is -0.0859. The Balaban J connectivity index is 2.19. The highest BCUT2D eigenvalue weighted by Gasteiger charge is 2.12. The highest BCUT2D eigenvalue weighted by molar-refractivity contribution is 5.33. The smallest absolute Gasteiger partial charge is 0.165 e. The molecular formula is C17H20FNO. The molecule has 0 aromatic heterocycles. The van der Waals surface area contributed by atoms with Crippen molar-refractivity contribution in [1.82, 2.24) is 0 Å². The summed E-state index contributed by atoms with van der Waals surface area (Å²) >= 11 is 0. The zero-order chi connectivity index (χ0) is 14.5. The lowest BCUT2D eigenvalue weighted by atomic mass is 9.94. The first kappa shape index (κ1) is 14.5. The molecular weight excluding hydrogens is 253 g/mol.